The van der Waals surface area contributed by atoms with Crippen molar-refractivity contribution in [3.8, 4) is 0 Å². The van der Waals surface area contributed by atoms with Gasteiger partial charge in [0.15, 0.2) is 0 Å². The van der Waals surface area contributed by atoms with Gasteiger partial charge in [0.1, 0.15) is 0 Å². The smallest absolute Gasteiger partial charge is 0.253 e. The van der Waals surface area contributed by atoms with Crippen molar-refractivity contribution in [2.24, 2.45) is 0 Å². The first-order chi connectivity index (χ1) is 14.8. The summed E-state index contributed by atoms with van der Waals surface area (Å²) < 4.78 is 0. The Balaban J connectivity index is 1.36. The number of carbonyl (C=O) groups is 2. The van der Waals surface area contributed by atoms with E-state index >= 15 is 0 Å². The van der Waals surface area contributed by atoms with Gasteiger partial charge >= 0.3 is 0 Å². The summed E-state index contributed by atoms with van der Waals surface area (Å²) in [6.45, 7) is 7.81. The van der Waals surface area contributed by atoms with E-state index in [1.54, 1.807) is 0 Å². The number of nitrogens with one attached hydrogen (secondary N) is 1. The largest absolute Gasteiger partial charge is 0.349 e. The molecule has 4 heteroatoms. The molecule has 0 radical (unpaired) electrons. The lowest BCUT2D eigenvalue weighted by molar-refractivity contribution is 0.0698. The van der Waals surface area contributed by atoms with Gasteiger partial charge in [0.05, 0.1) is 0 Å². The number of carbonyl (C=O) groups excluding carboxylic acids is 2. The van der Waals surface area contributed by atoms with Gasteiger partial charge in [-0.15, -0.1) is 0 Å². The van der Waals surface area contributed by atoms with Crippen LogP contribution in [0.3, 0.4) is 0 Å². The normalized spacial score (nSPS) is 15.1. The van der Waals surface area contributed by atoms with E-state index in [-0.39, 0.29) is 23.3 Å². The molecule has 2 amide bonds. The standard InChI is InChI=1S/C27H30N2O2/c1-27(2,3)21-13-11-20(12-14-21)26(31)29-17-15-22(16-18-29)28-25(30)24-10-6-8-19-7-4-5-9-23(19)24/h4-14,22H,15-18H2,1-3H3,(H,28,30). The molecule has 0 unspecified atom stereocenters. The highest BCUT2D eigenvalue weighted by Gasteiger charge is 2.25. The van der Waals surface area contributed by atoms with Crippen LogP contribution in [0.2, 0.25) is 0 Å². The zero-order chi connectivity index (χ0) is 22.0. The Kier molecular flexibility index (Phi) is 5.81. The lowest BCUT2D eigenvalue weighted by Gasteiger charge is -2.32. The van der Waals surface area contributed by atoms with Crippen LogP contribution in [0.25, 0.3) is 10.8 Å². The molecular weight excluding hydrogens is 384 g/mol. The van der Waals surface area contributed by atoms with Crippen molar-refractivity contribution in [1.82, 2.24) is 10.2 Å². The molecule has 0 atom stereocenters. The van der Waals surface area contributed by atoms with Gasteiger partial charge < -0.3 is 10.2 Å². The zero-order valence-electron chi connectivity index (χ0n) is 18.5. The molecule has 1 N–H and O–H groups in total. The first-order valence-corrected chi connectivity index (χ1v) is 11.0. The molecule has 160 valence electrons. The van der Waals surface area contributed by atoms with E-state index in [2.05, 4.69) is 26.1 Å². The molecule has 0 aromatic heterocycles. The Morgan fingerprint density at radius 2 is 1.52 bits per heavy atom. The van der Waals surface area contributed by atoms with Gasteiger partial charge in [0, 0.05) is 30.3 Å². The molecule has 1 fully saturated rings. The third-order valence-electron chi connectivity index (χ3n) is 6.15. The molecule has 1 saturated heterocycles. The van der Waals surface area contributed by atoms with E-state index in [9.17, 15) is 9.59 Å². The quantitative estimate of drug-likeness (QED) is 0.643. The average Bonchev–Trinajstić information content (AvgIpc) is 2.78. The van der Waals surface area contributed by atoms with Crippen LogP contribution in [0.4, 0.5) is 0 Å². The molecule has 3 aromatic rings. The Hall–Kier alpha value is -3.14. The fourth-order valence-electron chi connectivity index (χ4n) is 4.21. The van der Waals surface area contributed by atoms with Crippen molar-refractivity contribution < 1.29 is 9.59 Å². The van der Waals surface area contributed by atoms with Crippen LogP contribution < -0.4 is 5.32 Å². The van der Waals surface area contributed by atoms with Gasteiger partial charge in [-0.1, -0.05) is 69.3 Å². The highest BCUT2D eigenvalue weighted by Crippen LogP contribution is 2.23. The van der Waals surface area contributed by atoms with Gasteiger partial charge in [0.25, 0.3) is 11.8 Å². The molecule has 0 saturated carbocycles. The molecule has 4 nitrogen and oxygen atoms in total. The maximum atomic E-state index is 12.9. The third kappa shape index (κ3) is 4.63. The number of fused-ring (bicyclic) bond motifs is 1. The Morgan fingerprint density at radius 3 is 2.19 bits per heavy atom. The van der Waals surface area contributed by atoms with Crippen LogP contribution in [0, 0.1) is 0 Å². The fraction of sp³-hybridized carbons (Fsp3) is 0.333. The summed E-state index contributed by atoms with van der Waals surface area (Å²) in [5, 5.41) is 5.20. The second kappa shape index (κ2) is 8.54. The summed E-state index contributed by atoms with van der Waals surface area (Å²) in [5.74, 6) is 0.0265. The van der Waals surface area contributed by atoms with Crippen LogP contribution >= 0.6 is 0 Å². The highest BCUT2D eigenvalue weighted by atomic mass is 16.2. The minimum absolute atomic E-state index is 0.0423. The molecule has 1 aliphatic heterocycles. The summed E-state index contributed by atoms with van der Waals surface area (Å²) in [4.78, 5) is 27.7. The van der Waals surface area contributed by atoms with Crippen LogP contribution in [0.5, 0.6) is 0 Å². The van der Waals surface area contributed by atoms with Crippen molar-refractivity contribution in [1.29, 1.82) is 0 Å². The number of nitrogens with zero attached hydrogens (tertiary/aromatic N) is 1. The lowest BCUT2D eigenvalue weighted by atomic mass is 9.86. The summed E-state index contributed by atoms with van der Waals surface area (Å²) in [6, 6.07) is 21.8. The second-order valence-electron chi connectivity index (χ2n) is 9.39. The third-order valence-corrected chi connectivity index (χ3v) is 6.15. The minimum Gasteiger partial charge on any atom is -0.349 e. The Bertz CT molecular complexity index is 1080. The van der Waals surface area contributed by atoms with Crippen LogP contribution in [0.15, 0.2) is 66.7 Å². The van der Waals surface area contributed by atoms with Crippen molar-refractivity contribution in [2.45, 2.75) is 45.1 Å². The van der Waals surface area contributed by atoms with Gasteiger partial charge in [0.2, 0.25) is 0 Å². The predicted molar refractivity (Wildman–Crippen MR) is 125 cm³/mol. The first kappa shape index (κ1) is 21.1. The van der Waals surface area contributed by atoms with E-state index in [1.165, 1.54) is 5.56 Å². The maximum absolute atomic E-state index is 12.9. The molecule has 1 heterocycles. The molecule has 3 aromatic carbocycles. The molecule has 31 heavy (non-hydrogen) atoms. The first-order valence-electron chi connectivity index (χ1n) is 11.0. The number of piperidine rings is 1. The van der Waals surface area contributed by atoms with Crippen LogP contribution in [-0.2, 0) is 5.41 Å². The number of hydrogen-bond donors (Lipinski definition) is 1. The van der Waals surface area contributed by atoms with Crippen molar-refractivity contribution in [3.63, 3.8) is 0 Å². The molecule has 0 bridgehead atoms. The van der Waals surface area contributed by atoms with Gasteiger partial charge in [-0.25, -0.2) is 0 Å². The number of rotatable bonds is 3. The Morgan fingerprint density at radius 1 is 0.871 bits per heavy atom. The summed E-state index contributed by atoms with van der Waals surface area (Å²) >= 11 is 0. The fourth-order valence-corrected chi connectivity index (χ4v) is 4.21. The monoisotopic (exact) mass is 414 g/mol. The van der Waals surface area contributed by atoms with Gasteiger partial charge in [-0.3, -0.25) is 9.59 Å². The van der Waals surface area contributed by atoms with E-state index in [0.717, 1.165) is 29.2 Å². The van der Waals surface area contributed by atoms with E-state index in [1.807, 2.05) is 71.6 Å². The Labute approximate surface area is 184 Å². The molecule has 0 spiro atoms. The van der Waals surface area contributed by atoms with E-state index < -0.39 is 0 Å². The average molecular weight is 415 g/mol. The molecule has 1 aliphatic rings. The maximum Gasteiger partial charge on any atom is 0.253 e. The van der Waals surface area contributed by atoms with Gasteiger partial charge in [-0.2, -0.15) is 0 Å². The van der Waals surface area contributed by atoms with Crippen LogP contribution in [0.1, 0.15) is 59.9 Å². The van der Waals surface area contributed by atoms with Crippen molar-refractivity contribution in [3.05, 3.63) is 83.4 Å². The number of hydrogen-bond acceptors (Lipinski definition) is 2. The summed E-state index contributed by atoms with van der Waals surface area (Å²) in [6.07, 6.45) is 1.53. The zero-order valence-corrected chi connectivity index (χ0v) is 18.5. The topological polar surface area (TPSA) is 49.4 Å². The molecular formula is C27H30N2O2. The summed E-state index contributed by atoms with van der Waals surface area (Å²) in [5.41, 5.74) is 2.73. The summed E-state index contributed by atoms with van der Waals surface area (Å²) in [7, 11) is 0. The molecule has 4 rings (SSSR count). The predicted octanol–water partition coefficient (Wildman–Crippen LogP) is 5.17. The minimum atomic E-state index is -0.0423. The lowest BCUT2D eigenvalue weighted by Crippen LogP contribution is -2.46. The number of likely N-dealkylation sites (tertiary alicyclic amines) is 1. The van der Waals surface area contributed by atoms with E-state index in [4.69, 9.17) is 0 Å². The van der Waals surface area contributed by atoms with Gasteiger partial charge in [-0.05, 0) is 52.8 Å². The number of amides is 2. The highest BCUT2D eigenvalue weighted by molar-refractivity contribution is 6.07. The van der Waals surface area contributed by atoms with Crippen molar-refractivity contribution in [2.75, 3.05) is 13.1 Å². The molecule has 0 aliphatic carbocycles. The SMILES string of the molecule is CC(C)(C)c1ccc(C(=O)N2CCC(NC(=O)c3cccc4ccccc34)CC2)cc1. The second-order valence-corrected chi connectivity index (χ2v) is 9.39. The number of benzene rings is 3. The van der Waals surface area contributed by atoms with E-state index in [0.29, 0.717) is 18.7 Å². The van der Waals surface area contributed by atoms with Crippen LogP contribution in [-0.4, -0.2) is 35.8 Å². The van der Waals surface area contributed by atoms with Crippen molar-refractivity contribution >= 4 is 22.6 Å².